The summed E-state index contributed by atoms with van der Waals surface area (Å²) in [7, 11) is 0. The number of benzene rings is 3. The summed E-state index contributed by atoms with van der Waals surface area (Å²) in [5.74, 6) is 1.98. The Kier molecular flexibility index (Phi) is 5.31. The van der Waals surface area contributed by atoms with E-state index < -0.39 is 0 Å². The zero-order valence-electron chi connectivity index (χ0n) is 18.6. The van der Waals surface area contributed by atoms with Gasteiger partial charge in [-0.15, -0.1) is 0 Å². The summed E-state index contributed by atoms with van der Waals surface area (Å²) in [5.41, 5.74) is 10.8. The predicted molar refractivity (Wildman–Crippen MR) is 130 cm³/mol. The molecule has 1 aliphatic heterocycles. The highest BCUT2D eigenvalue weighted by Crippen LogP contribution is 2.33. The van der Waals surface area contributed by atoms with Gasteiger partial charge in [0.2, 0.25) is 0 Å². The normalized spacial score (nSPS) is 14.8. The van der Waals surface area contributed by atoms with Crippen molar-refractivity contribution in [2.45, 2.75) is 39.2 Å². The molecule has 0 atom stereocenters. The van der Waals surface area contributed by atoms with Crippen LogP contribution >= 0.6 is 0 Å². The lowest BCUT2D eigenvalue weighted by Gasteiger charge is -2.24. The number of nitrogen functional groups attached to an aromatic ring is 1. The molecule has 0 saturated carbocycles. The molecule has 6 nitrogen and oxygen atoms in total. The van der Waals surface area contributed by atoms with Crippen LogP contribution in [0.2, 0.25) is 0 Å². The third kappa shape index (κ3) is 3.50. The lowest BCUT2D eigenvalue weighted by atomic mass is 10.0. The van der Waals surface area contributed by atoms with Crippen LogP contribution in [0.15, 0.2) is 48.5 Å². The van der Waals surface area contributed by atoms with Crippen LogP contribution in [-0.4, -0.2) is 34.6 Å². The predicted octanol–water partition coefficient (Wildman–Crippen LogP) is 4.46. The lowest BCUT2D eigenvalue weighted by molar-refractivity contribution is 0.162. The zero-order chi connectivity index (χ0) is 22.2. The summed E-state index contributed by atoms with van der Waals surface area (Å²) < 4.78 is 8.63. The summed E-state index contributed by atoms with van der Waals surface area (Å²) in [6, 6.07) is 16.4. The molecule has 0 radical (unpaired) electrons. The van der Waals surface area contributed by atoms with E-state index in [1.54, 1.807) is 0 Å². The fraction of sp³-hybridized carbons (Fsp3) is 0.308. The summed E-state index contributed by atoms with van der Waals surface area (Å²) in [6.07, 6.45) is 3.09. The van der Waals surface area contributed by atoms with Gasteiger partial charge in [-0.3, -0.25) is 9.98 Å². The van der Waals surface area contributed by atoms with Crippen molar-refractivity contribution in [2.75, 3.05) is 13.1 Å². The van der Waals surface area contributed by atoms with Crippen LogP contribution in [0.5, 0.6) is 5.75 Å². The third-order valence-electron chi connectivity index (χ3n) is 6.33. The number of hydrogen-bond donors (Lipinski definition) is 3. The van der Waals surface area contributed by atoms with Crippen molar-refractivity contribution in [1.82, 2.24) is 14.9 Å². The van der Waals surface area contributed by atoms with Gasteiger partial charge in [0.25, 0.3) is 0 Å². The van der Waals surface area contributed by atoms with Gasteiger partial charge in [0.1, 0.15) is 23.5 Å². The quantitative estimate of drug-likeness (QED) is 0.324. The lowest BCUT2D eigenvalue weighted by Crippen LogP contribution is -2.34. The van der Waals surface area contributed by atoms with Crippen LogP contribution in [0, 0.1) is 12.3 Å². The second-order valence-electron chi connectivity index (χ2n) is 8.48. The molecule has 4 N–H and O–H groups in total. The summed E-state index contributed by atoms with van der Waals surface area (Å²) in [6.45, 7) is 6.23. The van der Waals surface area contributed by atoms with Gasteiger partial charge in [-0.05, 0) is 62.0 Å². The summed E-state index contributed by atoms with van der Waals surface area (Å²) in [5, 5.41) is 13.4. The fourth-order valence-corrected chi connectivity index (χ4v) is 4.76. The van der Waals surface area contributed by atoms with Crippen LogP contribution < -0.4 is 15.8 Å². The number of nitrogens with one attached hydrogen (secondary N) is 2. The molecule has 1 aliphatic rings. The van der Waals surface area contributed by atoms with Gasteiger partial charge in [-0.25, -0.2) is 4.98 Å². The van der Waals surface area contributed by atoms with Crippen molar-refractivity contribution in [3.05, 3.63) is 65.5 Å². The molecule has 4 aromatic rings. The van der Waals surface area contributed by atoms with E-state index in [0.717, 1.165) is 82.5 Å². The number of piperidine rings is 1. The standard InChI is InChI=1S/C26H29N5O/c1-3-24-30-25-16(2)14-18(32-17-10-12-29-13-11-17)15-23(25)31(24)22-9-8-21(26(27)28)19-6-4-5-7-20(19)22/h4-9,14-15,17,29H,3,10-13H2,1-2H3,(H3,27,28). The first-order chi connectivity index (χ1) is 15.6. The van der Waals surface area contributed by atoms with Gasteiger partial charge in [-0.2, -0.15) is 0 Å². The van der Waals surface area contributed by atoms with Crippen LogP contribution in [0.4, 0.5) is 0 Å². The van der Waals surface area contributed by atoms with E-state index in [1.807, 2.05) is 24.3 Å². The summed E-state index contributed by atoms with van der Waals surface area (Å²) in [4.78, 5) is 4.99. The van der Waals surface area contributed by atoms with Crippen molar-refractivity contribution in [3.8, 4) is 11.4 Å². The Hall–Kier alpha value is -3.38. The van der Waals surface area contributed by atoms with E-state index in [9.17, 15) is 0 Å². The van der Waals surface area contributed by atoms with Gasteiger partial charge in [-0.1, -0.05) is 31.2 Å². The van der Waals surface area contributed by atoms with Gasteiger partial charge in [0.05, 0.1) is 16.7 Å². The zero-order valence-corrected chi connectivity index (χ0v) is 18.6. The van der Waals surface area contributed by atoms with Crippen molar-refractivity contribution in [3.63, 3.8) is 0 Å². The highest BCUT2D eigenvalue weighted by atomic mass is 16.5. The number of nitrogens with two attached hydrogens (primary N) is 1. The molecule has 1 saturated heterocycles. The van der Waals surface area contributed by atoms with E-state index >= 15 is 0 Å². The van der Waals surface area contributed by atoms with Gasteiger partial charge in [0.15, 0.2) is 0 Å². The molecule has 164 valence electrons. The Bertz CT molecular complexity index is 1320. The fourth-order valence-electron chi connectivity index (χ4n) is 4.76. The smallest absolute Gasteiger partial charge is 0.123 e. The number of ether oxygens (including phenoxy) is 1. The van der Waals surface area contributed by atoms with Crippen LogP contribution in [-0.2, 0) is 6.42 Å². The molecule has 1 fully saturated rings. The SMILES string of the molecule is CCc1nc2c(C)cc(OC3CCNCC3)cc2n1-c1ccc(C(=N)N)c2ccccc12. The molecule has 0 spiro atoms. The molecular formula is C26H29N5O. The molecule has 3 aromatic carbocycles. The average molecular weight is 428 g/mol. The second kappa shape index (κ2) is 8.28. The number of hydrogen-bond acceptors (Lipinski definition) is 4. The molecule has 0 unspecified atom stereocenters. The molecule has 1 aromatic heterocycles. The van der Waals surface area contributed by atoms with Crippen molar-refractivity contribution in [2.24, 2.45) is 5.73 Å². The summed E-state index contributed by atoms with van der Waals surface area (Å²) >= 11 is 0. The average Bonchev–Trinajstić information content (AvgIpc) is 3.18. The molecular weight excluding hydrogens is 398 g/mol. The molecule has 32 heavy (non-hydrogen) atoms. The number of fused-ring (bicyclic) bond motifs is 2. The minimum Gasteiger partial charge on any atom is -0.490 e. The van der Waals surface area contributed by atoms with Crippen molar-refractivity contribution >= 4 is 27.6 Å². The van der Waals surface area contributed by atoms with Crippen LogP contribution in [0.25, 0.3) is 27.5 Å². The van der Waals surface area contributed by atoms with Crippen LogP contribution in [0.1, 0.15) is 36.7 Å². The first-order valence-corrected chi connectivity index (χ1v) is 11.3. The topological polar surface area (TPSA) is 89.0 Å². The molecule has 0 aliphatic carbocycles. The Morgan fingerprint density at radius 2 is 1.91 bits per heavy atom. The Morgan fingerprint density at radius 1 is 1.16 bits per heavy atom. The van der Waals surface area contributed by atoms with Crippen LogP contribution in [0.3, 0.4) is 0 Å². The molecule has 2 heterocycles. The van der Waals surface area contributed by atoms with E-state index in [4.69, 9.17) is 20.9 Å². The minimum absolute atomic E-state index is 0.0763. The number of rotatable bonds is 5. The monoisotopic (exact) mass is 427 g/mol. The van der Waals surface area contributed by atoms with Gasteiger partial charge >= 0.3 is 0 Å². The van der Waals surface area contributed by atoms with E-state index in [1.165, 1.54) is 0 Å². The molecule has 5 rings (SSSR count). The Morgan fingerprint density at radius 3 is 2.62 bits per heavy atom. The maximum absolute atomic E-state index is 7.99. The maximum atomic E-state index is 7.99. The Labute approximate surface area is 187 Å². The van der Waals surface area contributed by atoms with Crippen molar-refractivity contribution < 1.29 is 4.74 Å². The highest BCUT2D eigenvalue weighted by molar-refractivity contribution is 6.10. The number of amidine groups is 1. The molecule has 0 amide bonds. The highest BCUT2D eigenvalue weighted by Gasteiger charge is 2.20. The largest absolute Gasteiger partial charge is 0.490 e. The molecule has 0 bridgehead atoms. The number of imidazole rings is 1. The van der Waals surface area contributed by atoms with E-state index in [-0.39, 0.29) is 11.9 Å². The van der Waals surface area contributed by atoms with E-state index in [0.29, 0.717) is 0 Å². The molecule has 6 heteroatoms. The first-order valence-electron chi connectivity index (χ1n) is 11.3. The van der Waals surface area contributed by atoms with Gasteiger partial charge in [0, 0.05) is 23.4 Å². The Balaban J connectivity index is 1.71. The second-order valence-corrected chi connectivity index (χ2v) is 8.48. The van der Waals surface area contributed by atoms with Gasteiger partial charge < -0.3 is 15.8 Å². The third-order valence-corrected chi connectivity index (χ3v) is 6.33. The number of nitrogens with zero attached hydrogens (tertiary/aromatic N) is 2. The first kappa shape index (κ1) is 20.5. The minimum atomic E-state index is 0.0763. The van der Waals surface area contributed by atoms with Crippen molar-refractivity contribution in [1.29, 1.82) is 5.41 Å². The maximum Gasteiger partial charge on any atom is 0.123 e. The number of aryl methyl sites for hydroxylation is 2. The van der Waals surface area contributed by atoms with E-state index in [2.05, 4.69) is 48.0 Å². The number of aromatic nitrogens is 2.